The molecular formula is C16H18N2O2S. The van der Waals surface area contributed by atoms with Crippen LogP contribution in [0.4, 0.5) is 0 Å². The second-order valence-corrected chi connectivity index (χ2v) is 6.05. The van der Waals surface area contributed by atoms with Crippen molar-refractivity contribution in [3.8, 4) is 11.1 Å². The Kier molecular flexibility index (Phi) is 5.11. The number of carbonyl (C=O) groups is 2. The molecule has 1 aromatic heterocycles. The number of hydrogen-bond acceptors (Lipinski definition) is 3. The Morgan fingerprint density at radius 1 is 1.10 bits per heavy atom. The quantitative estimate of drug-likeness (QED) is 0.852. The molecule has 0 atom stereocenters. The van der Waals surface area contributed by atoms with Crippen LogP contribution in [0, 0.1) is 5.92 Å². The van der Waals surface area contributed by atoms with Crippen molar-refractivity contribution in [2.45, 2.75) is 20.3 Å². The lowest BCUT2D eigenvalue weighted by Gasteiger charge is -2.09. The third-order valence-corrected chi connectivity index (χ3v) is 3.78. The summed E-state index contributed by atoms with van der Waals surface area (Å²) in [6.45, 7) is 3.91. The summed E-state index contributed by atoms with van der Waals surface area (Å²) in [5, 5.41) is 1.87. The first kappa shape index (κ1) is 15.3. The number of carbonyl (C=O) groups excluding carboxylic acids is 2. The summed E-state index contributed by atoms with van der Waals surface area (Å²) in [6.07, 6.45) is 0.385. The predicted octanol–water partition coefficient (Wildman–Crippen LogP) is 3.22. The summed E-state index contributed by atoms with van der Waals surface area (Å²) in [6, 6.07) is 11.6. The van der Waals surface area contributed by atoms with Gasteiger partial charge in [0.2, 0.25) is 5.91 Å². The van der Waals surface area contributed by atoms with Crippen molar-refractivity contribution < 1.29 is 9.59 Å². The summed E-state index contributed by atoms with van der Waals surface area (Å²) in [5.74, 6) is -0.222. The summed E-state index contributed by atoms with van der Waals surface area (Å²) in [4.78, 5) is 24.3. The molecule has 2 N–H and O–H groups in total. The molecule has 0 aliphatic heterocycles. The molecule has 2 rings (SSSR count). The highest BCUT2D eigenvalue weighted by Gasteiger charge is 2.15. The van der Waals surface area contributed by atoms with Crippen molar-refractivity contribution in [1.29, 1.82) is 0 Å². The van der Waals surface area contributed by atoms with E-state index in [0.29, 0.717) is 11.3 Å². The Labute approximate surface area is 128 Å². The molecular weight excluding hydrogens is 284 g/mol. The molecule has 1 aromatic carbocycles. The summed E-state index contributed by atoms with van der Waals surface area (Å²) >= 11 is 1.35. The fourth-order valence-corrected chi connectivity index (χ4v) is 2.75. The molecule has 1 heterocycles. The topological polar surface area (TPSA) is 58.2 Å². The number of benzene rings is 1. The fraction of sp³-hybridized carbons (Fsp3) is 0.250. The minimum absolute atomic E-state index is 0.184. The van der Waals surface area contributed by atoms with E-state index >= 15 is 0 Å². The monoisotopic (exact) mass is 302 g/mol. The van der Waals surface area contributed by atoms with Crippen LogP contribution in [-0.4, -0.2) is 11.8 Å². The van der Waals surface area contributed by atoms with E-state index in [2.05, 4.69) is 10.9 Å². The molecule has 0 radical (unpaired) electrons. The molecule has 0 spiro atoms. The third-order valence-electron chi connectivity index (χ3n) is 2.87. The molecule has 5 heteroatoms. The average molecular weight is 302 g/mol. The Morgan fingerprint density at radius 3 is 2.48 bits per heavy atom. The van der Waals surface area contributed by atoms with Crippen molar-refractivity contribution in [2.24, 2.45) is 5.92 Å². The number of thiophene rings is 1. The first-order valence-corrected chi connectivity index (χ1v) is 7.68. The van der Waals surface area contributed by atoms with Gasteiger partial charge in [0.15, 0.2) is 0 Å². The van der Waals surface area contributed by atoms with Gasteiger partial charge in [-0.1, -0.05) is 44.2 Å². The zero-order valence-corrected chi connectivity index (χ0v) is 12.9. The highest BCUT2D eigenvalue weighted by atomic mass is 32.1. The van der Waals surface area contributed by atoms with Crippen LogP contribution in [0.2, 0.25) is 0 Å². The lowest BCUT2D eigenvalue weighted by molar-refractivity contribution is -0.122. The van der Waals surface area contributed by atoms with Gasteiger partial charge in [-0.3, -0.25) is 20.4 Å². The standard InChI is InChI=1S/C16H18N2O2S/c1-11(2)10-14(19)17-18-16(20)15-13(8-9-21-15)12-6-4-3-5-7-12/h3-9,11H,10H2,1-2H3,(H,17,19)(H,18,20). The largest absolute Gasteiger partial charge is 0.280 e. The van der Waals surface area contributed by atoms with Crippen molar-refractivity contribution >= 4 is 23.2 Å². The third kappa shape index (κ3) is 4.16. The van der Waals surface area contributed by atoms with Crippen LogP contribution in [0.5, 0.6) is 0 Å². The summed E-state index contributed by atoms with van der Waals surface area (Å²) < 4.78 is 0. The van der Waals surface area contributed by atoms with Gasteiger partial charge < -0.3 is 0 Å². The molecule has 21 heavy (non-hydrogen) atoms. The van der Waals surface area contributed by atoms with E-state index < -0.39 is 0 Å². The number of rotatable bonds is 4. The normalized spacial score (nSPS) is 10.4. The molecule has 0 saturated heterocycles. The van der Waals surface area contributed by atoms with Crippen molar-refractivity contribution in [2.75, 3.05) is 0 Å². The lowest BCUT2D eigenvalue weighted by Crippen LogP contribution is -2.41. The average Bonchev–Trinajstić information content (AvgIpc) is 2.94. The van der Waals surface area contributed by atoms with Gasteiger partial charge in [0.05, 0.1) is 0 Å². The summed E-state index contributed by atoms with van der Waals surface area (Å²) in [5.41, 5.74) is 6.78. The van der Waals surface area contributed by atoms with Crippen LogP contribution in [0.3, 0.4) is 0 Å². The molecule has 0 unspecified atom stereocenters. The van der Waals surface area contributed by atoms with Crippen molar-refractivity contribution in [3.05, 3.63) is 46.7 Å². The Bertz CT molecular complexity index is 620. The molecule has 0 saturated carbocycles. The van der Waals surface area contributed by atoms with Crippen molar-refractivity contribution in [1.82, 2.24) is 10.9 Å². The molecule has 110 valence electrons. The fourth-order valence-electron chi connectivity index (χ4n) is 1.94. The molecule has 2 amide bonds. The Morgan fingerprint density at radius 2 is 1.81 bits per heavy atom. The van der Waals surface area contributed by atoms with Crippen LogP contribution in [0.1, 0.15) is 29.9 Å². The minimum atomic E-state index is -0.291. The maximum atomic E-state index is 12.2. The van der Waals surface area contributed by atoms with Crippen LogP contribution >= 0.6 is 11.3 Å². The highest BCUT2D eigenvalue weighted by Crippen LogP contribution is 2.27. The van der Waals surface area contributed by atoms with E-state index in [1.807, 2.05) is 55.6 Å². The van der Waals surface area contributed by atoms with Gasteiger partial charge >= 0.3 is 0 Å². The maximum Gasteiger partial charge on any atom is 0.280 e. The van der Waals surface area contributed by atoms with Gasteiger partial charge in [0.25, 0.3) is 5.91 Å². The lowest BCUT2D eigenvalue weighted by atomic mass is 10.1. The predicted molar refractivity (Wildman–Crippen MR) is 84.8 cm³/mol. The first-order valence-electron chi connectivity index (χ1n) is 6.80. The number of amides is 2. The zero-order valence-electron chi connectivity index (χ0n) is 12.1. The molecule has 0 aliphatic rings. The zero-order chi connectivity index (χ0) is 15.2. The van der Waals surface area contributed by atoms with Crippen LogP contribution < -0.4 is 10.9 Å². The second kappa shape index (κ2) is 7.04. The highest BCUT2D eigenvalue weighted by molar-refractivity contribution is 7.12. The van der Waals surface area contributed by atoms with E-state index in [1.54, 1.807) is 0 Å². The van der Waals surface area contributed by atoms with E-state index in [-0.39, 0.29) is 17.7 Å². The van der Waals surface area contributed by atoms with E-state index in [9.17, 15) is 9.59 Å². The van der Waals surface area contributed by atoms with Gasteiger partial charge in [0, 0.05) is 12.0 Å². The van der Waals surface area contributed by atoms with Gasteiger partial charge in [-0.2, -0.15) is 0 Å². The number of hydrazine groups is 1. The Balaban J connectivity index is 2.04. The van der Waals surface area contributed by atoms with Gasteiger partial charge in [-0.15, -0.1) is 11.3 Å². The molecule has 0 aliphatic carbocycles. The van der Waals surface area contributed by atoms with Crippen LogP contribution in [0.15, 0.2) is 41.8 Å². The number of hydrogen-bond donors (Lipinski definition) is 2. The van der Waals surface area contributed by atoms with E-state index in [0.717, 1.165) is 11.1 Å². The molecule has 0 fully saturated rings. The van der Waals surface area contributed by atoms with Crippen LogP contribution in [0.25, 0.3) is 11.1 Å². The smallest absolute Gasteiger partial charge is 0.273 e. The van der Waals surface area contributed by atoms with E-state index in [1.165, 1.54) is 11.3 Å². The Hall–Kier alpha value is -2.14. The van der Waals surface area contributed by atoms with E-state index in [4.69, 9.17) is 0 Å². The van der Waals surface area contributed by atoms with Gasteiger partial charge in [-0.25, -0.2) is 0 Å². The maximum absolute atomic E-state index is 12.2. The van der Waals surface area contributed by atoms with Crippen molar-refractivity contribution in [3.63, 3.8) is 0 Å². The summed E-state index contributed by atoms with van der Waals surface area (Å²) in [7, 11) is 0. The minimum Gasteiger partial charge on any atom is -0.273 e. The SMILES string of the molecule is CC(C)CC(=O)NNC(=O)c1sccc1-c1ccccc1. The number of nitrogens with one attached hydrogen (secondary N) is 2. The van der Waals surface area contributed by atoms with Gasteiger partial charge in [0.1, 0.15) is 4.88 Å². The second-order valence-electron chi connectivity index (χ2n) is 5.13. The molecule has 0 bridgehead atoms. The molecule has 4 nitrogen and oxygen atoms in total. The first-order chi connectivity index (χ1) is 10.1. The van der Waals surface area contributed by atoms with Crippen LogP contribution in [-0.2, 0) is 4.79 Å². The van der Waals surface area contributed by atoms with Gasteiger partial charge in [-0.05, 0) is 22.9 Å². The molecule has 2 aromatic rings.